The SMILES string of the molecule is NC(=O)c1cc(C2CCN(C(=O)C3CC(=O)N(c4ccc(F)cc4)C3)CC2)[nH]n1. The summed E-state index contributed by atoms with van der Waals surface area (Å²) in [5.74, 6) is -1.30. The van der Waals surface area contributed by atoms with Gasteiger partial charge in [-0.05, 0) is 43.2 Å². The highest BCUT2D eigenvalue weighted by Gasteiger charge is 2.38. The van der Waals surface area contributed by atoms with Crippen molar-refractivity contribution >= 4 is 23.4 Å². The highest BCUT2D eigenvalue weighted by molar-refractivity contribution is 6.00. The summed E-state index contributed by atoms with van der Waals surface area (Å²) in [6.45, 7) is 1.47. The fourth-order valence-corrected chi connectivity index (χ4v) is 4.08. The van der Waals surface area contributed by atoms with Crippen molar-refractivity contribution in [3.63, 3.8) is 0 Å². The summed E-state index contributed by atoms with van der Waals surface area (Å²) in [4.78, 5) is 39.8. The van der Waals surface area contributed by atoms with Gasteiger partial charge in [0.1, 0.15) is 11.5 Å². The van der Waals surface area contributed by atoms with Gasteiger partial charge in [-0.3, -0.25) is 19.5 Å². The fourth-order valence-electron chi connectivity index (χ4n) is 4.08. The molecule has 2 aliphatic rings. The van der Waals surface area contributed by atoms with Crippen LogP contribution in [0, 0.1) is 11.7 Å². The Morgan fingerprint density at radius 2 is 1.86 bits per heavy atom. The van der Waals surface area contributed by atoms with Gasteiger partial charge in [-0.25, -0.2) is 4.39 Å². The molecule has 3 N–H and O–H groups in total. The number of halogens is 1. The third-order valence-corrected chi connectivity index (χ3v) is 5.71. The van der Waals surface area contributed by atoms with Crippen molar-refractivity contribution in [3.05, 3.63) is 47.5 Å². The van der Waals surface area contributed by atoms with E-state index in [1.807, 2.05) is 0 Å². The van der Waals surface area contributed by atoms with E-state index >= 15 is 0 Å². The van der Waals surface area contributed by atoms with Gasteiger partial charge in [0, 0.05) is 43.4 Å². The summed E-state index contributed by atoms with van der Waals surface area (Å²) in [6, 6.07) is 7.39. The number of likely N-dealkylation sites (tertiary alicyclic amines) is 1. The predicted molar refractivity (Wildman–Crippen MR) is 103 cm³/mol. The second-order valence-corrected chi connectivity index (χ2v) is 7.55. The van der Waals surface area contributed by atoms with E-state index in [1.54, 1.807) is 28.0 Å². The summed E-state index contributed by atoms with van der Waals surface area (Å²) < 4.78 is 13.1. The molecule has 0 saturated carbocycles. The van der Waals surface area contributed by atoms with Crippen LogP contribution >= 0.6 is 0 Å². The van der Waals surface area contributed by atoms with Crippen LogP contribution in [0.25, 0.3) is 0 Å². The standard InChI is InChI=1S/C20H22FN5O3/c21-14-1-3-15(4-2-14)26-11-13(9-18(26)27)20(29)25-7-5-12(6-8-25)16-10-17(19(22)28)24-23-16/h1-4,10,12-13H,5-9,11H2,(H2,22,28)(H,23,24). The monoisotopic (exact) mass is 399 g/mol. The molecule has 0 bridgehead atoms. The zero-order valence-corrected chi connectivity index (χ0v) is 15.8. The number of hydrogen-bond donors (Lipinski definition) is 2. The third-order valence-electron chi connectivity index (χ3n) is 5.71. The van der Waals surface area contributed by atoms with E-state index in [0.717, 1.165) is 18.5 Å². The molecule has 152 valence electrons. The number of primary amides is 1. The van der Waals surface area contributed by atoms with Crippen LogP contribution in [0.1, 0.15) is 41.4 Å². The van der Waals surface area contributed by atoms with Crippen LogP contribution < -0.4 is 10.6 Å². The van der Waals surface area contributed by atoms with Crippen LogP contribution in [0.4, 0.5) is 10.1 Å². The van der Waals surface area contributed by atoms with Gasteiger partial charge < -0.3 is 15.5 Å². The molecule has 2 saturated heterocycles. The molecule has 2 aliphatic heterocycles. The Morgan fingerprint density at radius 1 is 1.17 bits per heavy atom. The lowest BCUT2D eigenvalue weighted by Gasteiger charge is -2.33. The van der Waals surface area contributed by atoms with E-state index < -0.39 is 11.8 Å². The average Bonchev–Trinajstić information content (AvgIpc) is 3.36. The van der Waals surface area contributed by atoms with Crippen LogP contribution in [0.5, 0.6) is 0 Å². The predicted octanol–water partition coefficient (Wildman–Crippen LogP) is 1.41. The molecular formula is C20H22FN5O3. The van der Waals surface area contributed by atoms with Gasteiger partial charge in [0.2, 0.25) is 11.8 Å². The fraction of sp³-hybridized carbons (Fsp3) is 0.400. The first-order valence-electron chi connectivity index (χ1n) is 9.62. The van der Waals surface area contributed by atoms with E-state index in [1.165, 1.54) is 12.1 Å². The minimum atomic E-state index is -0.572. The number of rotatable bonds is 4. The van der Waals surface area contributed by atoms with Gasteiger partial charge in [0.15, 0.2) is 0 Å². The van der Waals surface area contributed by atoms with Crippen LogP contribution in [0.2, 0.25) is 0 Å². The van der Waals surface area contributed by atoms with Crippen molar-refractivity contribution in [2.45, 2.75) is 25.2 Å². The molecule has 1 aromatic carbocycles. The lowest BCUT2D eigenvalue weighted by atomic mass is 9.92. The number of H-pyrrole nitrogens is 1. The summed E-state index contributed by atoms with van der Waals surface area (Å²) in [5, 5.41) is 6.77. The van der Waals surface area contributed by atoms with E-state index in [4.69, 9.17) is 5.73 Å². The number of benzene rings is 1. The summed E-state index contributed by atoms with van der Waals surface area (Å²) >= 11 is 0. The number of carbonyl (C=O) groups is 3. The number of nitrogens with two attached hydrogens (primary N) is 1. The second kappa shape index (κ2) is 7.65. The number of aromatic amines is 1. The lowest BCUT2D eigenvalue weighted by molar-refractivity contribution is -0.136. The topological polar surface area (TPSA) is 112 Å². The molecule has 29 heavy (non-hydrogen) atoms. The molecule has 1 atom stereocenters. The van der Waals surface area contributed by atoms with Gasteiger partial charge in [-0.1, -0.05) is 0 Å². The van der Waals surface area contributed by atoms with Gasteiger partial charge in [0.25, 0.3) is 5.91 Å². The second-order valence-electron chi connectivity index (χ2n) is 7.55. The lowest BCUT2D eigenvalue weighted by Crippen LogP contribution is -2.42. The van der Waals surface area contributed by atoms with E-state index in [-0.39, 0.29) is 35.7 Å². The average molecular weight is 399 g/mol. The number of nitrogens with zero attached hydrogens (tertiary/aromatic N) is 3. The van der Waals surface area contributed by atoms with Crippen LogP contribution in [0.3, 0.4) is 0 Å². The molecular weight excluding hydrogens is 377 g/mol. The Morgan fingerprint density at radius 3 is 2.48 bits per heavy atom. The Hall–Kier alpha value is -3.23. The molecule has 2 aromatic rings. The van der Waals surface area contributed by atoms with Crippen LogP contribution in [0.15, 0.2) is 30.3 Å². The maximum absolute atomic E-state index is 13.1. The Bertz CT molecular complexity index is 934. The molecule has 1 unspecified atom stereocenters. The highest BCUT2D eigenvalue weighted by atomic mass is 19.1. The van der Waals surface area contributed by atoms with Gasteiger partial charge in [0.05, 0.1) is 5.92 Å². The number of hydrogen-bond acceptors (Lipinski definition) is 4. The molecule has 3 amide bonds. The molecule has 8 nitrogen and oxygen atoms in total. The van der Waals surface area contributed by atoms with E-state index in [2.05, 4.69) is 10.2 Å². The molecule has 4 rings (SSSR count). The molecule has 2 fully saturated rings. The maximum atomic E-state index is 13.1. The maximum Gasteiger partial charge on any atom is 0.269 e. The van der Waals surface area contributed by atoms with Crippen molar-refractivity contribution in [1.82, 2.24) is 15.1 Å². The molecule has 1 aromatic heterocycles. The van der Waals surface area contributed by atoms with Crippen molar-refractivity contribution in [2.75, 3.05) is 24.5 Å². The summed E-state index contributed by atoms with van der Waals surface area (Å²) in [6.07, 6.45) is 1.65. The number of anilines is 1. The number of piperidine rings is 1. The van der Waals surface area contributed by atoms with Crippen molar-refractivity contribution in [2.24, 2.45) is 11.7 Å². The molecule has 0 radical (unpaired) electrons. The largest absolute Gasteiger partial charge is 0.364 e. The van der Waals surface area contributed by atoms with Crippen LogP contribution in [-0.4, -0.2) is 52.5 Å². The number of nitrogens with one attached hydrogen (secondary N) is 1. The minimum absolute atomic E-state index is 0.0242. The number of carbonyl (C=O) groups excluding carboxylic acids is 3. The zero-order chi connectivity index (χ0) is 20.5. The van der Waals surface area contributed by atoms with Gasteiger partial charge in [-0.2, -0.15) is 5.10 Å². The first kappa shape index (κ1) is 19.1. The number of amides is 3. The highest BCUT2D eigenvalue weighted by Crippen LogP contribution is 2.30. The van der Waals surface area contributed by atoms with Crippen molar-refractivity contribution in [3.8, 4) is 0 Å². The first-order valence-corrected chi connectivity index (χ1v) is 9.62. The summed E-state index contributed by atoms with van der Waals surface area (Å²) in [5.41, 5.74) is 6.91. The third kappa shape index (κ3) is 3.85. The normalized spacial score (nSPS) is 20.3. The van der Waals surface area contributed by atoms with Gasteiger partial charge in [-0.15, -0.1) is 0 Å². The molecule has 9 heteroatoms. The Labute approximate surface area is 166 Å². The Kier molecular flexibility index (Phi) is 5.04. The Balaban J connectivity index is 1.35. The van der Waals surface area contributed by atoms with Crippen molar-refractivity contribution < 1.29 is 18.8 Å². The summed E-state index contributed by atoms with van der Waals surface area (Å²) in [7, 11) is 0. The smallest absolute Gasteiger partial charge is 0.269 e. The molecule has 0 aliphatic carbocycles. The molecule has 3 heterocycles. The van der Waals surface area contributed by atoms with Crippen molar-refractivity contribution in [1.29, 1.82) is 0 Å². The van der Waals surface area contributed by atoms with Gasteiger partial charge >= 0.3 is 0 Å². The minimum Gasteiger partial charge on any atom is -0.364 e. The first-order chi connectivity index (χ1) is 13.9. The molecule has 0 spiro atoms. The van der Waals surface area contributed by atoms with Crippen LogP contribution in [-0.2, 0) is 9.59 Å². The number of aromatic nitrogens is 2. The van der Waals surface area contributed by atoms with E-state index in [0.29, 0.717) is 25.3 Å². The zero-order valence-electron chi connectivity index (χ0n) is 15.8. The van der Waals surface area contributed by atoms with E-state index in [9.17, 15) is 18.8 Å². The quantitative estimate of drug-likeness (QED) is 0.809.